The van der Waals surface area contributed by atoms with Crippen LogP contribution in [0, 0.1) is 0 Å². The fourth-order valence-corrected chi connectivity index (χ4v) is 1.55. The van der Waals surface area contributed by atoms with Crippen LogP contribution in [0.25, 0.3) is 0 Å². The van der Waals surface area contributed by atoms with Crippen LogP contribution in [0.4, 0.5) is 0 Å². The summed E-state index contributed by atoms with van der Waals surface area (Å²) in [5.74, 6) is 0. The molecule has 7 nitrogen and oxygen atoms in total. The summed E-state index contributed by atoms with van der Waals surface area (Å²) >= 11 is 0. The predicted octanol–water partition coefficient (Wildman–Crippen LogP) is -0.325. The van der Waals surface area contributed by atoms with E-state index in [0.29, 0.717) is 32.8 Å². The maximum atomic E-state index is 9.21. The summed E-state index contributed by atoms with van der Waals surface area (Å²) in [7, 11) is 0. The second kappa shape index (κ2) is 20.7. The van der Waals surface area contributed by atoms with Crippen molar-refractivity contribution in [2.45, 2.75) is 51.2 Å². The van der Waals surface area contributed by atoms with Crippen LogP contribution in [0.3, 0.4) is 0 Å². The van der Waals surface area contributed by atoms with E-state index < -0.39 is 12.2 Å². The fraction of sp³-hybridized carbons (Fsp3) is 1.00. The van der Waals surface area contributed by atoms with Crippen LogP contribution in [-0.2, 0) is 9.47 Å². The standard InChI is InChI=1S/C9H20O3.C6H14O4/c1-2-3-4-5-6-8(11)9(12)7-10;7-1-3-9-5-6-10-4-2-8/h8-12H,2-7H2,1H3;7-8H,1-6H2. The molecule has 0 aliphatic heterocycles. The summed E-state index contributed by atoms with van der Waals surface area (Å²) in [6.45, 7) is 3.50. The molecule has 0 saturated heterocycles. The van der Waals surface area contributed by atoms with Crippen LogP contribution in [0.5, 0.6) is 0 Å². The maximum absolute atomic E-state index is 9.21. The molecule has 0 rings (SSSR count). The molecule has 0 amide bonds. The minimum Gasteiger partial charge on any atom is -0.394 e. The predicted molar refractivity (Wildman–Crippen MR) is 83.7 cm³/mol. The monoisotopic (exact) mass is 326 g/mol. The van der Waals surface area contributed by atoms with Gasteiger partial charge >= 0.3 is 0 Å². The molecule has 0 fully saturated rings. The first-order valence-corrected chi connectivity index (χ1v) is 7.98. The Labute approximate surface area is 133 Å². The molecule has 136 valence electrons. The zero-order valence-corrected chi connectivity index (χ0v) is 13.7. The fourth-order valence-electron chi connectivity index (χ4n) is 1.55. The van der Waals surface area contributed by atoms with Crippen molar-refractivity contribution in [3.63, 3.8) is 0 Å². The SMILES string of the molecule is CCCCCCC(O)C(O)CO.OCCOCCOCCO. The van der Waals surface area contributed by atoms with E-state index in [4.69, 9.17) is 29.9 Å². The Balaban J connectivity index is 0. The van der Waals surface area contributed by atoms with Crippen LogP contribution in [0.1, 0.15) is 39.0 Å². The van der Waals surface area contributed by atoms with Crippen LogP contribution in [0.15, 0.2) is 0 Å². The van der Waals surface area contributed by atoms with E-state index in [0.717, 1.165) is 12.8 Å². The first-order chi connectivity index (χ1) is 10.6. The number of ether oxygens (including phenoxy) is 2. The van der Waals surface area contributed by atoms with Crippen LogP contribution < -0.4 is 0 Å². The molecule has 0 aromatic carbocycles. The van der Waals surface area contributed by atoms with Crippen LogP contribution >= 0.6 is 0 Å². The minimum absolute atomic E-state index is 0.0417. The molecule has 5 N–H and O–H groups in total. The Bertz CT molecular complexity index is 185. The summed E-state index contributed by atoms with van der Waals surface area (Å²) in [6.07, 6.45) is 3.21. The lowest BCUT2D eigenvalue weighted by Gasteiger charge is -2.14. The Morgan fingerprint density at radius 1 is 0.727 bits per heavy atom. The van der Waals surface area contributed by atoms with Crippen molar-refractivity contribution >= 4 is 0 Å². The van der Waals surface area contributed by atoms with E-state index in [1.54, 1.807) is 0 Å². The van der Waals surface area contributed by atoms with Gasteiger partial charge in [-0.1, -0.05) is 32.6 Å². The third kappa shape index (κ3) is 19.7. The number of unbranched alkanes of at least 4 members (excludes halogenated alkanes) is 3. The van der Waals surface area contributed by atoms with Gasteiger partial charge in [0, 0.05) is 0 Å². The van der Waals surface area contributed by atoms with Crippen molar-refractivity contribution in [1.29, 1.82) is 0 Å². The first-order valence-electron chi connectivity index (χ1n) is 7.98. The van der Waals surface area contributed by atoms with E-state index >= 15 is 0 Å². The average Bonchev–Trinajstić information content (AvgIpc) is 2.54. The zero-order valence-electron chi connectivity index (χ0n) is 13.7. The van der Waals surface area contributed by atoms with E-state index in [1.165, 1.54) is 12.8 Å². The lowest BCUT2D eigenvalue weighted by Crippen LogP contribution is -2.28. The highest BCUT2D eigenvalue weighted by Crippen LogP contribution is 2.07. The third-order valence-corrected chi connectivity index (χ3v) is 2.83. The highest BCUT2D eigenvalue weighted by Gasteiger charge is 2.13. The molecule has 0 spiro atoms. The summed E-state index contributed by atoms with van der Waals surface area (Å²) in [5, 5.41) is 43.2. The van der Waals surface area contributed by atoms with Crippen molar-refractivity contribution in [2.24, 2.45) is 0 Å². The van der Waals surface area contributed by atoms with Crippen molar-refractivity contribution in [2.75, 3.05) is 46.2 Å². The summed E-state index contributed by atoms with van der Waals surface area (Å²) in [6, 6.07) is 0. The van der Waals surface area contributed by atoms with Crippen molar-refractivity contribution < 1.29 is 35.0 Å². The molecule has 0 radical (unpaired) electrons. The highest BCUT2D eigenvalue weighted by atomic mass is 16.5. The second-order valence-electron chi connectivity index (χ2n) is 4.84. The van der Waals surface area contributed by atoms with Gasteiger partial charge < -0.3 is 35.0 Å². The maximum Gasteiger partial charge on any atom is 0.103 e. The zero-order chi connectivity index (χ0) is 17.1. The molecular weight excluding hydrogens is 292 g/mol. The first kappa shape index (κ1) is 24.0. The van der Waals surface area contributed by atoms with Gasteiger partial charge in [-0.15, -0.1) is 0 Å². The molecular formula is C15H34O7. The Morgan fingerprint density at radius 2 is 1.27 bits per heavy atom. The van der Waals surface area contributed by atoms with Crippen LogP contribution in [0.2, 0.25) is 0 Å². The summed E-state index contributed by atoms with van der Waals surface area (Å²) < 4.78 is 9.75. The van der Waals surface area contributed by atoms with E-state index in [1.807, 2.05) is 0 Å². The summed E-state index contributed by atoms with van der Waals surface area (Å²) in [5.41, 5.74) is 0. The largest absolute Gasteiger partial charge is 0.394 e. The van der Waals surface area contributed by atoms with E-state index in [9.17, 15) is 5.11 Å². The normalized spacial score (nSPS) is 13.4. The number of rotatable bonds is 14. The molecule has 0 saturated carbocycles. The molecule has 2 unspecified atom stereocenters. The molecule has 2 atom stereocenters. The number of aliphatic hydroxyl groups excluding tert-OH is 5. The van der Waals surface area contributed by atoms with Gasteiger partial charge in [0.25, 0.3) is 0 Å². The topological polar surface area (TPSA) is 120 Å². The van der Waals surface area contributed by atoms with Crippen molar-refractivity contribution in [3.05, 3.63) is 0 Å². The third-order valence-electron chi connectivity index (χ3n) is 2.83. The molecule has 0 heterocycles. The summed E-state index contributed by atoms with van der Waals surface area (Å²) in [4.78, 5) is 0. The molecule has 0 aromatic heterocycles. The van der Waals surface area contributed by atoms with Crippen molar-refractivity contribution in [1.82, 2.24) is 0 Å². The number of hydrogen-bond acceptors (Lipinski definition) is 7. The molecule has 0 aromatic rings. The quantitative estimate of drug-likeness (QED) is 0.277. The highest BCUT2D eigenvalue weighted by molar-refractivity contribution is 4.65. The lowest BCUT2D eigenvalue weighted by atomic mass is 10.1. The van der Waals surface area contributed by atoms with Gasteiger partial charge in [-0.05, 0) is 6.42 Å². The van der Waals surface area contributed by atoms with Gasteiger partial charge in [-0.3, -0.25) is 0 Å². The Morgan fingerprint density at radius 3 is 1.68 bits per heavy atom. The molecule has 0 bridgehead atoms. The molecule has 0 aliphatic carbocycles. The van der Waals surface area contributed by atoms with Gasteiger partial charge in [0.2, 0.25) is 0 Å². The van der Waals surface area contributed by atoms with Gasteiger partial charge in [-0.25, -0.2) is 0 Å². The number of aliphatic hydroxyl groups is 5. The lowest BCUT2D eigenvalue weighted by molar-refractivity contribution is -0.0185. The minimum atomic E-state index is -0.966. The second-order valence-corrected chi connectivity index (χ2v) is 4.84. The molecule has 0 aliphatic rings. The van der Waals surface area contributed by atoms with Gasteiger partial charge in [0.1, 0.15) is 6.10 Å². The van der Waals surface area contributed by atoms with Crippen LogP contribution in [-0.4, -0.2) is 84.0 Å². The average molecular weight is 326 g/mol. The van der Waals surface area contributed by atoms with E-state index in [-0.39, 0.29) is 19.8 Å². The smallest absolute Gasteiger partial charge is 0.103 e. The Kier molecular flexibility index (Phi) is 22.6. The van der Waals surface area contributed by atoms with Gasteiger partial charge in [0.05, 0.1) is 52.4 Å². The Hall–Kier alpha value is -0.280. The number of hydrogen-bond donors (Lipinski definition) is 5. The van der Waals surface area contributed by atoms with Crippen molar-refractivity contribution in [3.8, 4) is 0 Å². The molecule has 22 heavy (non-hydrogen) atoms. The van der Waals surface area contributed by atoms with Gasteiger partial charge in [0.15, 0.2) is 0 Å². The van der Waals surface area contributed by atoms with Gasteiger partial charge in [-0.2, -0.15) is 0 Å². The molecule has 7 heteroatoms. The van der Waals surface area contributed by atoms with E-state index in [2.05, 4.69) is 6.92 Å².